The van der Waals surface area contributed by atoms with Gasteiger partial charge in [0.15, 0.2) is 0 Å². The lowest BCUT2D eigenvalue weighted by molar-refractivity contribution is -0.142. The molecule has 1 heterocycles. The molecule has 0 aliphatic carbocycles. The Labute approximate surface area is 125 Å². The molecule has 2 aromatic rings. The molecule has 0 N–H and O–H groups in total. The Kier molecular flexibility index (Phi) is 4.80. The zero-order chi connectivity index (χ0) is 13.8. The molecule has 6 heteroatoms. The quantitative estimate of drug-likeness (QED) is 0.793. The van der Waals surface area contributed by atoms with Crippen molar-refractivity contribution in [2.45, 2.75) is 13.3 Å². The predicted octanol–water partition coefficient (Wildman–Crippen LogP) is 4.22. The van der Waals surface area contributed by atoms with Crippen LogP contribution in [0.25, 0.3) is 10.6 Å². The molecule has 0 unspecified atom stereocenters. The van der Waals surface area contributed by atoms with Gasteiger partial charge < -0.3 is 4.74 Å². The van der Waals surface area contributed by atoms with Crippen molar-refractivity contribution in [3.8, 4) is 10.6 Å². The van der Waals surface area contributed by atoms with Gasteiger partial charge in [0.1, 0.15) is 5.01 Å². The average molecular weight is 316 g/mol. The number of carbonyl (C=O) groups excluding carboxylic acids is 1. The highest BCUT2D eigenvalue weighted by Gasteiger charge is 2.12. The Bertz CT molecular complexity index is 598. The lowest BCUT2D eigenvalue weighted by Gasteiger charge is -2.01. The van der Waals surface area contributed by atoms with Gasteiger partial charge in [0.2, 0.25) is 0 Å². The molecular formula is C13H11Cl2NO2S. The minimum atomic E-state index is -0.281. The normalized spacial score (nSPS) is 10.5. The van der Waals surface area contributed by atoms with E-state index < -0.39 is 0 Å². The molecule has 1 aromatic heterocycles. The lowest BCUT2D eigenvalue weighted by Crippen LogP contribution is -2.07. The topological polar surface area (TPSA) is 39.2 Å². The highest BCUT2D eigenvalue weighted by Crippen LogP contribution is 2.32. The summed E-state index contributed by atoms with van der Waals surface area (Å²) in [6, 6.07) is 5.21. The molecule has 2 rings (SSSR count). The van der Waals surface area contributed by atoms with Crippen molar-refractivity contribution in [1.82, 2.24) is 4.98 Å². The maximum absolute atomic E-state index is 11.4. The maximum atomic E-state index is 11.4. The Morgan fingerprint density at radius 1 is 1.42 bits per heavy atom. The fraction of sp³-hybridized carbons (Fsp3) is 0.231. The minimum Gasteiger partial charge on any atom is -0.466 e. The number of rotatable bonds is 4. The summed E-state index contributed by atoms with van der Waals surface area (Å²) in [5.74, 6) is -0.281. The number of esters is 1. The Hall–Kier alpha value is -1.10. The second kappa shape index (κ2) is 6.37. The van der Waals surface area contributed by atoms with E-state index in [1.54, 1.807) is 25.1 Å². The summed E-state index contributed by atoms with van der Waals surface area (Å²) in [7, 11) is 0. The van der Waals surface area contributed by atoms with E-state index in [4.69, 9.17) is 27.9 Å². The second-order valence-corrected chi connectivity index (χ2v) is 5.45. The minimum absolute atomic E-state index is 0.169. The van der Waals surface area contributed by atoms with Crippen molar-refractivity contribution in [2.75, 3.05) is 6.61 Å². The van der Waals surface area contributed by atoms with Crippen LogP contribution in [0.15, 0.2) is 23.6 Å². The predicted molar refractivity (Wildman–Crippen MR) is 77.9 cm³/mol. The van der Waals surface area contributed by atoms with Gasteiger partial charge in [-0.1, -0.05) is 23.2 Å². The van der Waals surface area contributed by atoms with E-state index in [2.05, 4.69) is 4.98 Å². The smallest absolute Gasteiger partial charge is 0.311 e. The summed E-state index contributed by atoms with van der Waals surface area (Å²) in [6.07, 6.45) is 0.169. The summed E-state index contributed by atoms with van der Waals surface area (Å²) in [6.45, 7) is 2.14. The fourth-order valence-electron chi connectivity index (χ4n) is 1.53. The van der Waals surface area contributed by atoms with Gasteiger partial charge in [-0.05, 0) is 25.1 Å². The molecule has 0 spiro atoms. The molecule has 1 aromatic carbocycles. The van der Waals surface area contributed by atoms with Gasteiger partial charge in [-0.2, -0.15) is 0 Å². The van der Waals surface area contributed by atoms with E-state index in [-0.39, 0.29) is 12.4 Å². The lowest BCUT2D eigenvalue weighted by atomic mass is 10.2. The van der Waals surface area contributed by atoms with Gasteiger partial charge >= 0.3 is 5.97 Å². The van der Waals surface area contributed by atoms with Crippen molar-refractivity contribution in [3.05, 3.63) is 39.3 Å². The van der Waals surface area contributed by atoms with E-state index in [0.717, 1.165) is 10.6 Å². The molecule has 0 aliphatic heterocycles. The van der Waals surface area contributed by atoms with Crippen molar-refractivity contribution in [3.63, 3.8) is 0 Å². The van der Waals surface area contributed by atoms with Crippen LogP contribution in [0.2, 0.25) is 10.0 Å². The van der Waals surface area contributed by atoms with Gasteiger partial charge in [0.25, 0.3) is 0 Å². The Balaban J connectivity index is 2.21. The van der Waals surface area contributed by atoms with Crippen molar-refractivity contribution in [1.29, 1.82) is 0 Å². The zero-order valence-electron chi connectivity index (χ0n) is 10.2. The van der Waals surface area contributed by atoms with Crippen molar-refractivity contribution >= 4 is 40.5 Å². The highest BCUT2D eigenvalue weighted by atomic mass is 35.5. The number of hydrogen-bond acceptors (Lipinski definition) is 4. The standard InChI is InChI=1S/C13H11Cl2NO2S/c1-2-18-12(17)6-9-7-19-13(16-9)10-5-8(14)3-4-11(10)15/h3-5,7H,2,6H2,1H3. The van der Waals surface area contributed by atoms with Crippen LogP contribution in [-0.2, 0) is 16.0 Å². The van der Waals surface area contributed by atoms with Crippen LogP contribution in [-0.4, -0.2) is 17.6 Å². The van der Waals surface area contributed by atoms with Crippen LogP contribution in [0.4, 0.5) is 0 Å². The highest BCUT2D eigenvalue weighted by molar-refractivity contribution is 7.13. The third-order valence-electron chi connectivity index (χ3n) is 2.34. The molecule has 3 nitrogen and oxygen atoms in total. The van der Waals surface area contributed by atoms with Gasteiger partial charge in [-0.25, -0.2) is 4.98 Å². The van der Waals surface area contributed by atoms with Crippen molar-refractivity contribution in [2.24, 2.45) is 0 Å². The van der Waals surface area contributed by atoms with Gasteiger partial charge in [-0.3, -0.25) is 4.79 Å². The summed E-state index contributed by atoms with van der Waals surface area (Å²) >= 11 is 13.5. The van der Waals surface area contributed by atoms with Gasteiger partial charge in [-0.15, -0.1) is 11.3 Å². The van der Waals surface area contributed by atoms with Crippen LogP contribution in [0.1, 0.15) is 12.6 Å². The first-order valence-corrected chi connectivity index (χ1v) is 7.29. The molecule has 0 saturated carbocycles. The summed E-state index contributed by atoms with van der Waals surface area (Å²) in [4.78, 5) is 15.8. The third kappa shape index (κ3) is 3.69. The SMILES string of the molecule is CCOC(=O)Cc1csc(-c2cc(Cl)ccc2Cl)n1. The number of nitrogens with zero attached hydrogens (tertiary/aromatic N) is 1. The number of aromatic nitrogens is 1. The molecule has 100 valence electrons. The average Bonchev–Trinajstić information content (AvgIpc) is 2.81. The number of thiazole rings is 1. The number of carbonyl (C=O) groups is 1. The molecule has 0 saturated heterocycles. The van der Waals surface area contributed by atoms with Crippen LogP contribution < -0.4 is 0 Å². The largest absolute Gasteiger partial charge is 0.466 e. The number of hydrogen-bond donors (Lipinski definition) is 0. The molecule has 19 heavy (non-hydrogen) atoms. The zero-order valence-corrected chi connectivity index (χ0v) is 12.5. The van der Waals surface area contributed by atoms with Gasteiger partial charge in [0, 0.05) is 16.0 Å². The van der Waals surface area contributed by atoms with Crippen LogP contribution in [0.3, 0.4) is 0 Å². The van der Waals surface area contributed by atoms with E-state index >= 15 is 0 Å². The van der Waals surface area contributed by atoms with Crippen LogP contribution in [0, 0.1) is 0 Å². The summed E-state index contributed by atoms with van der Waals surface area (Å²) in [5, 5.41) is 3.75. The summed E-state index contributed by atoms with van der Waals surface area (Å²) < 4.78 is 4.88. The Morgan fingerprint density at radius 3 is 2.95 bits per heavy atom. The van der Waals surface area contributed by atoms with Crippen LogP contribution in [0.5, 0.6) is 0 Å². The number of benzene rings is 1. The van der Waals surface area contributed by atoms with Crippen molar-refractivity contribution < 1.29 is 9.53 Å². The second-order valence-electron chi connectivity index (χ2n) is 3.75. The first kappa shape index (κ1) is 14.3. The summed E-state index contributed by atoms with van der Waals surface area (Å²) in [5.41, 5.74) is 1.45. The first-order chi connectivity index (χ1) is 9.10. The van der Waals surface area contributed by atoms with E-state index in [1.165, 1.54) is 11.3 Å². The van der Waals surface area contributed by atoms with Gasteiger partial charge in [0.05, 0.1) is 23.7 Å². The molecule has 0 bridgehead atoms. The first-order valence-electron chi connectivity index (χ1n) is 5.65. The van der Waals surface area contributed by atoms with E-state index in [1.807, 2.05) is 5.38 Å². The molecule has 0 amide bonds. The molecule has 0 atom stereocenters. The third-order valence-corrected chi connectivity index (χ3v) is 3.83. The maximum Gasteiger partial charge on any atom is 0.311 e. The molecule has 0 fully saturated rings. The van der Waals surface area contributed by atoms with E-state index in [9.17, 15) is 4.79 Å². The number of ether oxygens (including phenoxy) is 1. The molecule has 0 radical (unpaired) electrons. The monoisotopic (exact) mass is 315 g/mol. The van der Waals surface area contributed by atoms with E-state index in [0.29, 0.717) is 22.3 Å². The molecular weight excluding hydrogens is 305 g/mol. The van der Waals surface area contributed by atoms with Crippen LogP contribution >= 0.6 is 34.5 Å². The number of halogens is 2. The fourth-order valence-corrected chi connectivity index (χ4v) is 2.82. The Morgan fingerprint density at radius 2 is 2.21 bits per heavy atom. The molecule has 0 aliphatic rings.